The number of hydrazone groups is 1. The molecule has 0 spiro atoms. The lowest BCUT2D eigenvalue weighted by Crippen LogP contribution is -2.48. The SMILES string of the molecule is O=C(C1CCCC1)N(CCN1CCOCC1)CC(=O)N1N=C(c2ccccc2Cl)C[C@@H]1c1ccccc1Cl. The van der Waals surface area contributed by atoms with Crippen molar-refractivity contribution in [2.45, 2.75) is 38.1 Å². The minimum absolute atomic E-state index is 0.00683. The molecule has 1 atom stereocenters. The summed E-state index contributed by atoms with van der Waals surface area (Å²) in [5, 5.41) is 7.45. The molecule has 2 fully saturated rings. The number of carbonyl (C=O) groups excluding carboxylic acids is 2. The molecular formula is C29H34Cl2N4O3. The van der Waals surface area contributed by atoms with Gasteiger partial charge in [-0.05, 0) is 30.5 Å². The van der Waals surface area contributed by atoms with Gasteiger partial charge in [0, 0.05) is 54.1 Å². The molecule has 2 aromatic rings. The summed E-state index contributed by atoms with van der Waals surface area (Å²) in [5.41, 5.74) is 2.36. The highest BCUT2D eigenvalue weighted by Crippen LogP contribution is 2.37. The van der Waals surface area contributed by atoms with Gasteiger partial charge in [-0.25, -0.2) is 5.01 Å². The van der Waals surface area contributed by atoms with Gasteiger partial charge in [0.1, 0.15) is 6.54 Å². The van der Waals surface area contributed by atoms with Crippen LogP contribution in [0.5, 0.6) is 0 Å². The number of hydrogen-bond acceptors (Lipinski definition) is 5. The Morgan fingerprint density at radius 3 is 2.37 bits per heavy atom. The van der Waals surface area contributed by atoms with E-state index in [4.69, 9.17) is 33.0 Å². The molecule has 0 aromatic heterocycles. The summed E-state index contributed by atoms with van der Waals surface area (Å²) in [6, 6.07) is 14.7. The van der Waals surface area contributed by atoms with Crippen LogP contribution in [0.2, 0.25) is 10.0 Å². The summed E-state index contributed by atoms with van der Waals surface area (Å²) in [6.07, 6.45) is 4.40. The van der Waals surface area contributed by atoms with Gasteiger partial charge >= 0.3 is 0 Å². The lowest BCUT2D eigenvalue weighted by atomic mass is 9.98. The molecule has 0 bridgehead atoms. The van der Waals surface area contributed by atoms with E-state index in [2.05, 4.69) is 4.90 Å². The van der Waals surface area contributed by atoms with Gasteiger partial charge in [-0.15, -0.1) is 0 Å². The maximum atomic E-state index is 13.9. The standard InChI is InChI=1S/C29H34Cl2N4O3/c30-24-11-5-3-9-22(24)26-19-27(23-10-4-6-12-25(23)31)35(32-26)28(36)20-34(29(37)21-7-1-2-8-21)14-13-33-15-17-38-18-16-33/h3-6,9-12,21,27H,1-2,7-8,13-20H2/t27-/m1/s1. The Hall–Kier alpha value is -2.45. The monoisotopic (exact) mass is 556 g/mol. The van der Waals surface area contributed by atoms with Crippen LogP contribution in [0.1, 0.15) is 49.3 Å². The average molecular weight is 558 g/mol. The molecule has 1 saturated heterocycles. The third-order valence-corrected chi connectivity index (χ3v) is 8.42. The number of rotatable bonds is 8. The lowest BCUT2D eigenvalue weighted by molar-refractivity contribution is -0.144. The van der Waals surface area contributed by atoms with Gasteiger partial charge in [0.15, 0.2) is 0 Å². The number of halogens is 2. The second-order valence-corrected chi connectivity index (χ2v) is 11.0. The second kappa shape index (κ2) is 12.6. The van der Waals surface area contributed by atoms with Gasteiger partial charge < -0.3 is 9.64 Å². The number of amides is 2. The molecule has 0 N–H and O–H groups in total. The van der Waals surface area contributed by atoms with Crippen LogP contribution in [0.25, 0.3) is 0 Å². The van der Waals surface area contributed by atoms with E-state index in [1.54, 1.807) is 4.90 Å². The molecule has 1 saturated carbocycles. The van der Waals surface area contributed by atoms with E-state index in [1.165, 1.54) is 5.01 Å². The normalized spacial score (nSPS) is 20.5. The molecule has 2 heterocycles. The molecule has 3 aliphatic rings. The smallest absolute Gasteiger partial charge is 0.262 e. The number of ether oxygens (including phenoxy) is 1. The van der Waals surface area contributed by atoms with E-state index in [0.29, 0.717) is 36.2 Å². The van der Waals surface area contributed by atoms with E-state index in [9.17, 15) is 9.59 Å². The Balaban J connectivity index is 1.39. The number of nitrogens with zero attached hydrogens (tertiary/aromatic N) is 4. The third kappa shape index (κ3) is 6.23. The van der Waals surface area contributed by atoms with Crippen molar-refractivity contribution in [3.63, 3.8) is 0 Å². The van der Waals surface area contributed by atoms with Gasteiger partial charge in [-0.1, -0.05) is 72.4 Å². The van der Waals surface area contributed by atoms with Gasteiger partial charge in [-0.2, -0.15) is 5.10 Å². The Bertz CT molecular complexity index is 1180. The molecule has 0 unspecified atom stereocenters. The first-order valence-electron chi connectivity index (χ1n) is 13.5. The van der Waals surface area contributed by atoms with Crippen LogP contribution >= 0.6 is 23.2 Å². The minimum Gasteiger partial charge on any atom is -0.379 e. The minimum atomic E-state index is -0.370. The van der Waals surface area contributed by atoms with Crippen molar-refractivity contribution >= 4 is 40.7 Å². The zero-order chi connectivity index (χ0) is 26.5. The van der Waals surface area contributed by atoms with Gasteiger partial charge in [0.2, 0.25) is 5.91 Å². The van der Waals surface area contributed by atoms with E-state index in [1.807, 2.05) is 48.5 Å². The van der Waals surface area contributed by atoms with Crippen molar-refractivity contribution in [3.05, 3.63) is 69.7 Å². The third-order valence-electron chi connectivity index (χ3n) is 7.75. The maximum absolute atomic E-state index is 13.9. The maximum Gasteiger partial charge on any atom is 0.262 e. The topological polar surface area (TPSA) is 65.5 Å². The number of hydrogen-bond donors (Lipinski definition) is 0. The first kappa shape index (κ1) is 27.1. The molecule has 2 amide bonds. The van der Waals surface area contributed by atoms with E-state index >= 15 is 0 Å². The molecule has 1 aliphatic carbocycles. The Labute approximate surface area is 234 Å². The van der Waals surface area contributed by atoms with Crippen molar-refractivity contribution in [3.8, 4) is 0 Å². The van der Waals surface area contributed by atoms with E-state index < -0.39 is 0 Å². The number of benzene rings is 2. The summed E-state index contributed by atoms with van der Waals surface area (Å²) < 4.78 is 5.47. The number of carbonyl (C=O) groups is 2. The van der Waals surface area contributed by atoms with Crippen LogP contribution in [0.4, 0.5) is 0 Å². The summed E-state index contributed by atoms with van der Waals surface area (Å²) in [7, 11) is 0. The first-order chi connectivity index (χ1) is 18.5. The molecular weight excluding hydrogens is 523 g/mol. The van der Waals surface area contributed by atoms with Crippen LogP contribution in [-0.2, 0) is 14.3 Å². The summed E-state index contributed by atoms with van der Waals surface area (Å²) in [5.74, 6) is -0.147. The highest BCUT2D eigenvalue weighted by molar-refractivity contribution is 6.34. The van der Waals surface area contributed by atoms with Gasteiger partial charge in [0.05, 0.1) is 25.0 Å². The highest BCUT2D eigenvalue weighted by atomic mass is 35.5. The summed E-state index contributed by atoms with van der Waals surface area (Å²) >= 11 is 13.1. The Kier molecular flexibility index (Phi) is 9.00. The lowest BCUT2D eigenvalue weighted by Gasteiger charge is -2.32. The Morgan fingerprint density at radius 2 is 1.66 bits per heavy atom. The van der Waals surface area contributed by atoms with Crippen molar-refractivity contribution in [1.82, 2.24) is 14.8 Å². The van der Waals surface area contributed by atoms with Crippen molar-refractivity contribution < 1.29 is 14.3 Å². The molecule has 9 heteroatoms. The molecule has 38 heavy (non-hydrogen) atoms. The molecule has 7 nitrogen and oxygen atoms in total. The predicted molar refractivity (Wildman–Crippen MR) is 149 cm³/mol. The quantitative estimate of drug-likeness (QED) is 0.457. The van der Waals surface area contributed by atoms with Crippen LogP contribution in [0.15, 0.2) is 53.6 Å². The van der Waals surface area contributed by atoms with Crippen molar-refractivity contribution in [2.75, 3.05) is 45.9 Å². The van der Waals surface area contributed by atoms with Crippen LogP contribution in [0.3, 0.4) is 0 Å². The zero-order valence-electron chi connectivity index (χ0n) is 21.5. The van der Waals surface area contributed by atoms with Crippen LogP contribution in [-0.4, -0.2) is 78.3 Å². The fourth-order valence-corrected chi connectivity index (χ4v) is 6.11. The average Bonchev–Trinajstić information content (AvgIpc) is 3.63. The van der Waals surface area contributed by atoms with Gasteiger partial charge in [-0.3, -0.25) is 14.5 Å². The molecule has 0 radical (unpaired) electrons. The first-order valence-corrected chi connectivity index (χ1v) is 14.2. The molecule has 202 valence electrons. The van der Waals surface area contributed by atoms with Crippen molar-refractivity contribution in [1.29, 1.82) is 0 Å². The molecule has 2 aromatic carbocycles. The van der Waals surface area contributed by atoms with Crippen LogP contribution < -0.4 is 0 Å². The van der Waals surface area contributed by atoms with Crippen molar-refractivity contribution in [2.24, 2.45) is 11.0 Å². The largest absolute Gasteiger partial charge is 0.379 e. The fraction of sp³-hybridized carbons (Fsp3) is 0.483. The predicted octanol–water partition coefficient (Wildman–Crippen LogP) is 5.02. The second-order valence-electron chi connectivity index (χ2n) is 10.2. The van der Waals surface area contributed by atoms with E-state index in [-0.39, 0.29) is 30.3 Å². The fourth-order valence-electron chi connectivity index (χ4n) is 5.61. The Morgan fingerprint density at radius 1 is 0.974 bits per heavy atom. The summed E-state index contributed by atoms with van der Waals surface area (Å²) in [4.78, 5) is 31.5. The zero-order valence-corrected chi connectivity index (χ0v) is 23.0. The highest BCUT2D eigenvalue weighted by Gasteiger charge is 2.37. The van der Waals surface area contributed by atoms with Crippen LogP contribution in [0, 0.1) is 5.92 Å². The molecule has 5 rings (SSSR count). The summed E-state index contributed by atoms with van der Waals surface area (Å²) in [6.45, 7) is 4.28. The van der Waals surface area contributed by atoms with E-state index in [0.717, 1.165) is 62.2 Å². The molecule has 2 aliphatic heterocycles. The number of morpholine rings is 1. The van der Waals surface area contributed by atoms with Gasteiger partial charge in [0.25, 0.3) is 5.91 Å².